The molecule has 0 amide bonds. The summed E-state index contributed by atoms with van der Waals surface area (Å²) in [6.07, 6.45) is 0. The minimum Gasteiger partial charge on any atom is -0.493 e. The summed E-state index contributed by atoms with van der Waals surface area (Å²) in [5, 5.41) is 3.27. The van der Waals surface area contributed by atoms with Crippen LogP contribution >= 0.6 is 0 Å². The van der Waals surface area contributed by atoms with Crippen LogP contribution in [0.1, 0.15) is 11.3 Å². The molecule has 2 aromatic rings. The van der Waals surface area contributed by atoms with Crippen molar-refractivity contribution in [1.82, 2.24) is 4.98 Å². The van der Waals surface area contributed by atoms with Crippen molar-refractivity contribution in [3.05, 3.63) is 35.5 Å². The van der Waals surface area contributed by atoms with Gasteiger partial charge in [-0.05, 0) is 36.8 Å². The van der Waals surface area contributed by atoms with Gasteiger partial charge < -0.3 is 24.3 Å². The van der Waals surface area contributed by atoms with E-state index < -0.39 is 0 Å². The molecule has 0 unspecified atom stereocenters. The van der Waals surface area contributed by atoms with Gasteiger partial charge in [0, 0.05) is 12.2 Å². The number of nitrogens with one attached hydrogen (secondary N) is 1. The van der Waals surface area contributed by atoms with Crippen molar-refractivity contribution in [2.75, 3.05) is 33.8 Å². The zero-order chi connectivity index (χ0) is 16.8. The summed E-state index contributed by atoms with van der Waals surface area (Å²) < 4.78 is 21.4. The number of benzene rings is 1. The van der Waals surface area contributed by atoms with Gasteiger partial charge in [0.05, 0.1) is 28.4 Å². The van der Waals surface area contributed by atoms with Crippen LogP contribution in [0, 0.1) is 6.92 Å². The first-order valence-corrected chi connectivity index (χ1v) is 7.17. The second-order valence-electron chi connectivity index (χ2n) is 4.89. The van der Waals surface area contributed by atoms with Crippen LogP contribution < -0.4 is 24.3 Å². The summed E-state index contributed by atoms with van der Waals surface area (Å²) in [4.78, 5) is 4.45. The zero-order valence-corrected chi connectivity index (χ0v) is 14.1. The normalized spacial score (nSPS) is 10.1. The Morgan fingerprint density at radius 3 is 2.00 bits per heavy atom. The summed E-state index contributed by atoms with van der Waals surface area (Å²) in [7, 11) is 6.40. The van der Waals surface area contributed by atoms with Crippen LogP contribution in [0.5, 0.6) is 23.0 Å². The molecule has 1 aromatic carbocycles. The second-order valence-corrected chi connectivity index (χ2v) is 4.89. The SMILES string of the molecule is COc1ccc(C)nc1NCc1cc(OC)c(OC)c(OC)c1. The first-order valence-electron chi connectivity index (χ1n) is 7.17. The van der Waals surface area contributed by atoms with E-state index in [0.717, 1.165) is 11.3 Å². The van der Waals surface area contributed by atoms with E-state index in [0.29, 0.717) is 35.4 Å². The maximum atomic E-state index is 5.36. The highest BCUT2D eigenvalue weighted by molar-refractivity contribution is 5.55. The van der Waals surface area contributed by atoms with Crippen LogP contribution in [0.2, 0.25) is 0 Å². The molecular formula is C17H22N2O4. The Morgan fingerprint density at radius 2 is 1.48 bits per heavy atom. The molecule has 0 radical (unpaired) electrons. The third kappa shape index (κ3) is 3.77. The van der Waals surface area contributed by atoms with Crippen LogP contribution in [-0.2, 0) is 6.54 Å². The third-order valence-electron chi connectivity index (χ3n) is 3.40. The standard InChI is InChI=1S/C17H22N2O4/c1-11-6-7-13(20-2)17(19-11)18-10-12-8-14(21-3)16(23-5)15(9-12)22-4/h6-9H,10H2,1-5H3,(H,18,19). The number of hydrogen-bond acceptors (Lipinski definition) is 6. The highest BCUT2D eigenvalue weighted by atomic mass is 16.5. The summed E-state index contributed by atoms with van der Waals surface area (Å²) >= 11 is 0. The van der Waals surface area contributed by atoms with Gasteiger partial charge in [-0.25, -0.2) is 4.98 Å². The molecule has 2 rings (SSSR count). The number of pyridine rings is 1. The number of nitrogens with zero attached hydrogens (tertiary/aromatic N) is 1. The van der Waals surface area contributed by atoms with Gasteiger partial charge in [-0.2, -0.15) is 0 Å². The Labute approximate surface area is 136 Å². The van der Waals surface area contributed by atoms with Gasteiger partial charge in [-0.1, -0.05) is 0 Å². The largest absolute Gasteiger partial charge is 0.493 e. The molecule has 0 spiro atoms. The quantitative estimate of drug-likeness (QED) is 0.846. The second kappa shape index (κ2) is 7.58. The van der Waals surface area contributed by atoms with Crippen molar-refractivity contribution >= 4 is 5.82 Å². The Kier molecular flexibility index (Phi) is 5.51. The molecular weight excluding hydrogens is 296 g/mol. The van der Waals surface area contributed by atoms with E-state index in [4.69, 9.17) is 18.9 Å². The number of methoxy groups -OCH3 is 4. The molecule has 0 saturated carbocycles. The molecule has 0 bridgehead atoms. The molecule has 0 aliphatic heterocycles. The lowest BCUT2D eigenvalue weighted by Crippen LogP contribution is -2.05. The van der Waals surface area contributed by atoms with Crippen molar-refractivity contribution < 1.29 is 18.9 Å². The number of aryl methyl sites for hydroxylation is 1. The van der Waals surface area contributed by atoms with Crippen molar-refractivity contribution in [2.45, 2.75) is 13.5 Å². The molecule has 0 aliphatic rings. The van der Waals surface area contributed by atoms with E-state index >= 15 is 0 Å². The lowest BCUT2D eigenvalue weighted by Gasteiger charge is -2.15. The maximum Gasteiger partial charge on any atom is 0.203 e. The molecule has 1 N–H and O–H groups in total. The Bertz CT molecular complexity index is 649. The Balaban J connectivity index is 2.25. The summed E-state index contributed by atoms with van der Waals surface area (Å²) in [6.45, 7) is 2.48. The first kappa shape index (κ1) is 16.7. The Morgan fingerprint density at radius 1 is 0.870 bits per heavy atom. The van der Waals surface area contributed by atoms with Crippen LogP contribution in [0.15, 0.2) is 24.3 Å². The first-order chi connectivity index (χ1) is 11.1. The Hall–Kier alpha value is -2.63. The highest BCUT2D eigenvalue weighted by Crippen LogP contribution is 2.38. The smallest absolute Gasteiger partial charge is 0.203 e. The lowest BCUT2D eigenvalue weighted by atomic mass is 10.1. The van der Waals surface area contributed by atoms with Crippen molar-refractivity contribution in [1.29, 1.82) is 0 Å². The fourth-order valence-corrected chi connectivity index (χ4v) is 2.26. The van der Waals surface area contributed by atoms with E-state index in [1.54, 1.807) is 28.4 Å². The number of ether oxygens (including phenoxy) is 4. The zero-order valence-electron chi connectivity index (χ0n) is 14.1. The average molecular weight is 318 g/mol. The number of anilines is 1. The molecule has 0 fully saturated rings. The van der Waals surface area contributed by atoms with E-state index in [9.17, 15) is 0 Å². The van der Waals surface area contributed by atoms with Gasteiger partial charge >= 0.3 is 0 Å². The van der Waals surface area contributed by atoms with Crippen LogP contribution in [0.4, 0.5) is 5.82 Å². The van der Waals surface area contributed by atoms with Crippen LogP contribution in [0.3, 0.4) is 0 Å². The topological polar surface area (TPSA) is 61.8 Å². The van der Waals surface area contributed by atoms with Gasteiger partial charge in [0.1, 0.15) is 0 Å². The molecule has 23 heavy (non-hydrogen) atoms. The number of rotatable bonds is 7. The molecule has 1 heterocycles. The predicted molar refractivity (Wildman–Crippen MR) is 89.0 cm³/mol. The minimum absolute atomic E-state index is 0.545. The van der Waals surface area contributed by atoms with E-state index in [-0.39, 0.29) is 0 Å². The van der Waals surface area contributed by atoms with Gasteiger partial charge in [0.15, 0.2) is 23.1 Å². The van der Waals surface area contributed by atoms with Crippen LogP contribution in [0.25, 0.3) is 0 Å². The van der Waals surface area contributed by atoms with Crippen molar-refractivity contribution in [2.24, 2.45) is 0 Å². The van der Waals surface area contributed by atoms with E-state index in [2.05, 4.69) is 10.3 Å². The van der Waals surface area contributed by atoms with Gasteiger partial charge in [0.2, 0.25) is 5.75 Å². The van der Waals surface area contributed by atoms with Crippen molar-refractivity contribution in [3.63, 3.8) is 0 Å². The number of aromatic nitrogens is 1. The average Bonchev–Trinajstić information content (AvgIpc) is 2.58. The molecule has 1 aromatic heterocycles. The molecule has 0 saturated heterocycles. The highest BCUT2D eigenvalue weighted by Gasteiger charge is 2.13. The molecule has 6 heteroatoms. The van der Waals surface area contributed by atoms with E-state index in [1.165, 1.54) is 0 Å². The van der Waals surface area contributed by atoms with Gasteiger partial charge in [0.25, 0.3) is 0 Å². The molecule has 0 aliphatic carbocycles. The predicted octanol–water partition coefficient (Wildman–Crippen LogP) is 3.04. The number of hydrogen-bond donors (Lipinski definition) is 1. The van der Waals surface area contributed by atoms with Crippen molar-refractivity contribution in [3.8, 4) is 23.0 Å². The van der Waals surface area contributed by atoms with Gasteiger partial charge in [-0.15, -0.1) is 0 Å². The molecule has 0 atom stereocenters. The molecule has 6 nitrogen and oxygen atoms in total. The summed E-state index contributed by atoms with van der Waals surface area (Å²) in [6, 6.07) is 7.59. The molecule has 124 valence electrons. The third-order valence-corrected chi connectivity index (χ3v) is 3.40. The summed E-state index contributed by atoms with van der Waals surface area (Å²) in [5.74, 6) is 3.20. The fourth-order valence-electron chi connectivity index (χ4n) is 2.26. The monoisotopic (exact) mass is 318 g/mol. The van der Waals surface area contributed by atoms with E-state index in [1.807, 2.05) is 31.2 Å². The van der Waals surface area contributed by atoms with Crippen LogP contribution in [-0.4, -0.2) is 33.4 Å². The van der Waals surface area contributed by atoms with Gasteiger partial charge in [-0.3, -0.25) is 0 Å². The summed E-state index contributed by atoms with van der Waals surface area (Å²) in [5.41, 5.74) is 1.89. The lowest BCUT2D eigenvalue weighted by molar-refractivity contribution is 0.324. The fraction of sp³-hybridized carbons (Fsp3) is 0.353. The minimum atomic E-state index is 0.545. The maximum absolute atomic E-state index is 5.36.